The van der Waals surface area contributed by atoms with E-state index in [9.17, 15) is 14.0 Å². The summed E-state index contributed by atoms with van der Waals surface area (Å²) in [5, 5.41) is 2.47. The predicted octanol–water partition coefficient (Wildman–Crippen LogP) is 3.27. The molecule has 1 amide bonds. The Morgan fingerprint density at radius 1 is 1.10 bits per heavy atom. The molecule has 0 aromatic heterocycles. The molecule has 0 saturated heterocycles. The molecule has 108 valence electrons. The van der Waals surface area contributed by atoms with Crippen LogP contribution in [0.2, 0.25) is 5.02 Å². The van der Waals surface area contributed by atoms with Crippen LogP contribution in [0.15, 0.2) is 48.5 Å². The van der Waals surface area contributed by atoms with Crippen molar-refractivity contribution in [2.24, 2.45) is 0 Å². The van der Waals surface area contributed by atoms with Gasteiger partial charge in [0.2, 0.25) is 0 Å². The van der Waals surface area contributed by atoms with Crippen molar-refractivity contribution in [2.75, 3.05) is 11.9 Å². The van der Waals surface area contributed by atoms with Crippen LogP contribution in [-0.2, 0) is 9.53 Å². The third-order valence-electron chi connectivity index (χ3n) is 2.56. The first-order chi connectivity index (χ1) is 10.1. The maximum Gasteiger partial charge on any atom is 0.343 e. The summed E-state index contributed by atoms with van der Waals surface area (Å²) in [6, 6.07) is 12.5. The van der Waals surface area contributed by atoms with E-state index in [1.807, 2.05) is 0 Å². The molecule has 2 aromatic carbocycles. The van der Waals surface area contributed by atoms with Gasteiger partial charge in [-0.15, -0.1) is 0 Å². The molecule has 2 aromatic rings. The van der Waals surface area contributed by atoms with Gasteiger partial charge in [-0.2, -0.15) is 0 Å². The molecule has 0 aliphatic heterocycles. The van der Waals surface area contributed by atoms with E-state index in [0.717, 1.165) is 6.07 Å². The number of amides is 1. The SMILES string of the molecule is O=C(COC(=O)c1c(F)cccc1Cl)Nc1ccccc1. The number of carbonyl (C=O) groups is 2. The molecule has 0 saturated carbocycles. The lowest BCUT2D eigenvalue weighted by atomic mass is 10.2. The summed E-state index contributed by atoms with van der Waals surface area (Å²) in [4.78, 5) is 23.3. The first-order valence-corrected chi connectivity index (χ1v) is 6.42. The van der Waals surface area contributed by atoms with E-state index in [1.165, 1.54) is 12.1 Å². The topological polar surface area (TPSA) is 55.4 Å². The van der Waals surface area contributed by atoms with Gasteiger partial charge in [0.1, 0.15) is 11.4 Å². The first-order valence-electron chi connectivity index (χ1n) is 6.04. The smallest absolute Gasteiger partial charge is 0.343 e. The van der Waals surface area contributed by atoms with Crippen molar-refractivity contribution in [1.82, 2.24) is 0 Å². The lowest BCUT2D eigenvalue weighted by Crippen LogP contribution is -2.21. The van der Waals surface area contributed by atoms with Crippen LogP contribution in [-0.4, -0.2) is 18.5 Å². The van der Waals surface area contributed by atoms with E-state index < -0.39 is 24.3 Å². The van der Waals surface area contributed by atoms with Gasteiger partial charge in [0.05, 0.1) is 5.02 Å². The summed E-state index contributed by atoms with van der Waals surface area (Å²) < 4.78 is 18.2. The van der Waals surface area contributed by atoms with E-state index in [-0.39, 0.29) is 10.6 Å². The van der Waals surface area contributed by atoms with Crippen molar-refractivity contribution in [3.8, 4) is 0 Å². The van der Waals surface area contributed by atoms with E-state index in [1.54, 1.807) is 30.3 Å². The quantitative estimate of drug-likeness (QED) is 0.882. The number of rotatable bonds is 4. The summed E-state index contributed by atoms with van der Waals surface area (Å²) >= 11 is 5.73. The highest BCUT2D eigenvalue weighted by Gasteiger charge is 2.18. The summed E-state index contributed by atoms with van der Waals surface area (Å²) in [5.74, 6) is -2.31. The average molecular weight is 308 g/mol. The summed E-state index contributed by atoms with van der Waals surface area (Å²) in [7, 11) is 0. The fourth-order valence-electron chi connectivity index (χ4n) is 1.61. The number of para-hydroxylation sites is 1. The second-order valence-corrected chi connectivity index (χ2v) is 4.49. The van der Waals surface area contributed by atoms with Gasteiger partial charge in [-0.3, -0.25) is 4.79 Å². The van der Waals surface area contributed by atoms with Crippen molar-refractivity contribution < 1.29 is 18.7 Å². The summed E-state index contributed by atoms with van der Waals surface area (Å²) in [6.45, 7) is -0.529. The number of benzene rings is 2. The molecular formula is C15H11ClFNO3. The standard InChI is InChI=1S/C15H11ClFNO3/c16-11-7-4-8-12(17)14(11)15(20)21-9-13(19)18-10-5-2-1-3-6-10/h1-8H,9H2,(H,18,19). The maximum absolute atomic E-state index is 13.5. The number of halogens is 2. The minimum atomic E-state index is -0.985. The number of nitrogens with one attached hydrogen (secondary N) is 1. The Morgan fingerprint density at radius 2 is 1.81 bits per heavy atom. The predicted molar refractivity (Wildman–Crippen MR) is 76.8 cm³/mol. The van der Waals surface area contributed by atoms with E-state index in [4.69, 9.17) is 16.3 Å². The minimum absolute atomic E-state index is 0.0662. The molecule has 0 heterocycles. The summed E-state index contributed by atoms with van der Waals surface area (Å²) in [6.07, 6.45) is 0. The zero-order chi connectivity index (χ0) is 15.2. The molecule has 4 nitrogen and oxygen atoms in total. The molecule has 0 fully saturated rings. The monoisotopic (exact) mass is 307 g/mol. The molecule has 6 heteroatoms. The molecule has 2 rings (SSSR count). The van der Waals surface area contributed by atoms with Gasteiger partial charge in [-0.1, -0.05) is 35.9 Å². The van der Waals surface area contributed by atoms with Gasteiger partial charge in [-0.05, 0) is 24.3 Å². The number of anilines is 1. The molecular weight excluding hydrogens is 297 g/mol. The highest BCUT2D eigenvalue weighted by atomic mass is 35.5. The molecule has 21 heavy (non-hydrogen) atoms. The Kier molecular flexibility index (Phi) is 4.90. The van der Waals surface area contributed by atoms with Crippen molar-refractivity contribution in [3.63, 3.8) is 0 Å². The normalized spacial score (nSPS) is 10.0. The van der Waals surface area contributed by atoms with Crippen LogP contribution >= 0.6 is 11.6 Å². The second kappa shape index (κ2) is 6.85. The van der Waals surface area contributed by atoms with Crippen molar-refractivity contribution in [1.29, 1.82) is 0 Å². The molecule has 0 aliphatic rings. The fourth-order valence-corrected chi connectivity index (χ4v) is 1.85. The number of ether oxygens (including phenoxy) is 1. The maximum atomic E-state index is 13.5. The fraction of sp³-hybridized carbons (Fsp3) is 0.0667. The zero-order valence-electron chi connectivity index (χ0n) is 10.8. The van der Waals surface area contributed by atoms with Crippen LogP contribution < -0.4 is 5.32 Å². The van der Waals surface area contributed by atoms with E-state index in [0.29, 0.717) is 5.69 Å². The number of esters is 1. The molecule has 0 unspecified atom stereocenters. The second-order valence-electron chi connectivity index (χ2n) is 4.09. The van der Waals surface area contributed by atoms with Crippen LogP contribution in [0.5, 0.6) is 0 Å². The van der Waals surface area contributed by atoms with Gasteiger partial charge in [-0.25, -0.2) is 9.18 Å². The third kappa shape index (κ3) is 4.03. The van der Waals surface area contributed by atoms with Gasteiger partial charge < -0.3 is 10.1 Å². The Balaban J connectivity index is 1.94. The van der Waals surface area contributed by atoms with Gasteiger partial charge in [0, 0.05) is 5.69 Å². The molecule has 0 aliphatic carbocycles. The summed E-state index contributed by atoms with van der Waals surface area (Å²) in [5.41, 5.74) is 0.189. The van der Waals surface area contributed by atoms with Crippen LogP contribution in [0.1, 0.15) is 10.4 Å². The largest absolute Gasteiger partial charge is 0.452 e. The van der Waals surface area contributed by atoms with Crippen molar-refractivity contribution >= 4 is 29.2 Å². The molecule has 0 radical (unpaired) electrons. The Bertz CT molecular complexity index is 641. The van der Waals surface area contributed by atoms with E-state index in [2.05, 4.69) is 5.32 Å². The van der Waals surface area contributed by atoms with Crippen LogP contribution in [0.25, 0.3) is 0 Å². The van der Waals surface area contributed by atoms with Gasteiger partial charge in [0.15, 0.2) is 6.61 Å². The van der Waals surface area contributed by atoms with Crippen LogP contribution in [0, 0.1) is 5.82 Å². The first kappa shape index (κ1) is 15.0. The zero-order valence-corrected chi connectivity index (χ0v) is 11.6. The van der Waals surface area contributed by atoms with Crippen molar-refractivity contribution in [3.05, 3.63) is 64.9 Å². The third-order valence-corrected chi connectivity index (χ3v) is 2.87. The Labute approximate surface area is 125 Å². The molecule has 0 spiro atoms. The number of carbonyl (C=O) groups excluding carboxylic acids is 2. The molecule has 0 bridgehead atoms. The number of hydrogen-bond acceptors (Lipinski definition) is 3. The van der Waals surface area contributed by atoms with Crippen LogP contribution in [0.3, 0.4) is 0 Å². The lowest BCUT2D eigenvalue weighted by molar-refractivity contribution is -0.119. The Hall–Kier alpha value is -2.40. The average Bonchev–Trinajstić information content (AvgIpc) is 2.46. The van der Waals surface area contributed by atoms with Gasteiger partial charge >= 0.3 is 5.97 Å². The van der Waals surface area contributed by atoms with Crippen LogP contribution in [0.4, 0.5) is 10.1 Å². The highest BCUT2D eigenvalue weighted by Crippen LogP contribution is 2.19. The Morgan fingerprint density at radius 3 is 2.48 bits per heavy atom. The minimum Gasteiger partial charge on any atom is -0.452 e. The highest BCUT2D eigenvalue weighted by molar-refractivity contribution is 6.33. The number of hydrogen-bond donors (Lipinski definition) is 1. The lowest BCUT2D eigenvalue weighted by Gasteiger charge is -2.08. The van der Waals surface area contributed by atoms with E-state index >= 15 is 0 Å². The van der Waals surface area contributed by atoms with Crippen molar-refractivity contribution in [2.45, 2.75) is 0 Å². The molecule has 1 N–H and O–H groups in total. The van der Waals surface area contributed by atoms with Gasteiger partial charge in [0.25, 0.3) is 5.91 Å². The molecule has 0 atom stereocenters.